The van der Waals surface area contributed by atoms with Crippen molar-refractivity contribution in [2.24, 2.45) is 0 Å². The van der Waals surface area contributed by atoms with Gasteiger partial charge in [-0.05, 0) is 91.5 Å². The van der Waals surface area contributed by atoms with Gasteiger partial charge in [0.2, 0.25) is 0 Å². The third-order valence-corrected chi connectivity index (χ3v) is 9.91. The maximum absolute atomic E-state index is 6.78. The summed E-state index contributed by atoms with van der Waals surface area (Å²) in [7, 11) is 0. The van der Waals surface area contributed by atoms with Crippen LogP contribution in [0.2, 0.25) is 0 Å². The Labute approximate surface area is 270 Å². The first kappa shape index (κ1) is 26.1. The molecular weight excluding hydrogens is 572 g/mol. The van der Waals surface area contributed by atoms with Gasteiger partial charge < -0.3 is 8.83 Å². The van der Waals surface area contributed by atoms with Gasteiger partial charge in [-0.2, -0.15) is 0 Å². The third kappa shape index (κ3) is 3.50. The van der Waals surface area contributed by atoms with E-state index in [0.29, 0.717) is 0 Å². The van der Waals surface area contributed by atoms with Gasteiger partial charge in [0.25, 0.3) is 0 Å². The Morgan fingerprint density at radius 2 is 1.11 bits per heavy atom. The highest BCUT2D eigenvalue weighted by molar-refractivity contribution is 6.31. The van der Waals surface area contributed by atoms with E-state index in [2.05, 4.69) is 134 Å². The molecule has 0 unspecified atom stereocenters. The number of rotatable bonds is 3. The summed E-state index contributed by atoms with van der Waals surface area (Å²) < 4.78 is 13.1. The Morgan fingerprint density at radius 3 is 1.81 bits per heavy atom. The third-order valence-electron chi connectivity index (χ3n) is 9.91. The van der Waals surface area contributed by atoms with E-state index in [1.165, 1.54) is 70.6 Å². The lowest BCUT2D eigenvalue weighted by Gasteiger charge is -2.20. The lowest BCUT2D eigenvalue weighted by atomic mass is 9.82. The normalized spacial score (nSPS) is 13.1. The van der Waals surface area contributed by atoms with Crippen LogP contribution < -0.4 is 10.6 Å². The van der Waals surface area contributed by atoms with Gasteiger partial charge in [0.05, 0.1) is 0 Å². The van der Waals surface area contributed by atoms with E-state index in [1.54, 1.807) is 0 Å². The molecule has 8 aromatic carbocycles. The summed E-state index contributed by atoms with van der Waals surface area (Å²) >= 11 is 0. The quantitative estimate of drug-likeness (QED) is 0.149. The maximum atomic E-state index is 6.78. The molecule has 0 radical (unpaired) electrons. The standard InChI is InChI=1S/C45H28O2/c1-3-13-29-36-24-26-14-5-6-16-28(26)44(45(36)47-37(29)4-2)42-32-19-9-7-17-30(32)41(31-18-8-10-20-33(31)42)35-25-27-15-11-22-38-40(27)43-34(35)21-12-23-39(43)46-38/h3-25H,1H2,2H3/b29-13-,37-4+. The highest BCUT2D eigenvalue weighted by Crippen LogP contribution is 2.50. The minimum atomic E-state index is 0.854. The largest absolute Gasteiger partial charge is 0.456 e. The highest BCUT2D eigenvalue weighted by Gasteiger charge is 2.24. The average molecular weight is 601 g/mol. The first-order valence-corrected chi connectivity index (χ1v) is 16.1. The molecular formula is C45H28O2. The molecule has 10 rings (SSSR count). The van der Waals surface area contributed by atoms with E-state index >= 15 is 0 Å². The van der Waals surface area contributed by atoms with Crippen LogP contribution in [0.4, 0.5) is 0 Å². The van der Waals surface area contributed by atoms with Crippen LogP contribution in [-0.4, -0.2) is 0 Å². The van der Waals surface area contributed by atoms with Gasteiger partial charge in [0.1, 0.15) is 22.2 Å². The number of hydrogen-bond donors (Lipinski definition) is 0. The van der Waals surface area contributed by atoms with Crippen molar-refractivity contribution in [2.75, 3.05) is 0 Å². The Morgan fingerprint density at radius 1 is 0.511 bits per heavy atom. The van der Waals surface area contributed by atoms with Crippen molar-refractivity contribution in [1.29, 1.82) is 0 Å². The monoisotopic (exact) mass is 600 g/mol. The van der Waals surface area contributed by atoms with Crippen LogP contribution in [0.3, 0.4) is 0 Å². The molecule has 0 saturated heterocycles. The van der Waals surface area contributed by atoms with Crippen LogP contribution in [-0.2, 0) is 0 Å². The summed E-state index contributed by atoms with van der Waals surface area (Å²) in [6, 6.07) is 43.8. The number of hydrogen-bond acceptors (Lipinski definition) is 2. The predicted octanol–water partition coefficient (Wildman–Crippen LogP) is 11.5. The van der Waals surface area contributed by atoms with Gasteiger partial charge in [-0.25, -0.2) is 0 Å². The molecule has 0 atom stereocenters. The average Bonchev–Trinajstić information content (AvgIpc) is 3.68. The van der Waals surface area contributed by atoms with Crippen molar-refractivity contribution in [1.82, 2.24) is 0 Å². The molecule has 2 nitrogen and oxygen atoms in total. The molecule has 2 heterocycles. The molecule has 47 heavy (non-hydrogen) atoms. The Balaban J connectivity index is 1.44. The van der Waals surface area contributed by atoms with Crippen LogP contribution in [0.25, 0.3) is 110 Å². The highest BCUT2D eigenvalue weighted by atomic mass is 16.3. The fraction of sp³-hybridized carbons (Fsp3) is 0.0222. The van der Waals surface area contributed by atoms with Crippen LogP contribution in [0.15, 0.2) is 143 Å². The lowest BCUT2D eigenvalue weighted by molar-refractivity contribution is 0.576. The number of furan rings is 2. The van der Waals surface area contributed by atoms with Gasteiger partial charge in [-0.15, -0.1) is 0 Å². The van der Waals surface area contributed by atoms with Crippen molar-refractivity contribution in [3.05, 3.63) is 145 Å². The molecule has 0 spiro atoms. The van der Waals surface area contributed by atoms with E-state index in [4.69, 9.17) is 8.83 Å². The second-order valence-electron chi connectivity index (χ2n) is 12.3. The molecule has 2 heteroatoms. The first-order chi connectivity index (χ1) is 23.2. The topological polar surface area (TPSA) is 26.3 Å². The minimum absolute atomic E-state index is 0.854. The summed E-state index contributed by atoms with van der Waals surface area (Å²) in [5, 5.41) is 14.1. The van der Waals surface area contributed by atoms with Crippen LogP contribution in [0.5, 0.6) is 0 Å². The molecule has 220 valence electrons. The Bertz CT molecular complexity index is 2980. The summed E-state index contributed by atoms with van der Waals surface area (Å²) in [5.74, 6) is 0. The molecule has 2 aromatic heterocycles. The number of fused-ring (bicyclic) bond motifs is 4. The molecule has 0 aliphatic carbocycles. The van der Waals surface area contributed by atoms with Gasteiger partial charge in [0.15, 0.2) is 0 Å². The Hall–Kier alpha value is -6.12. The predicted molar refractivity (Wildman–Crippen MR) is 200 cm³/mol. The molecule has 0 bridgehead atoms. The zero-order valence-corrected chi connectivity index (χ0v) is 25.8. The van der Waals surface area contributed by atoms with Crippen LogP contribution in [0.1, 0.15) is 6.92 Å². The van der Waals surface area contributed by atoms with Crippen molar-refractivity contribution in [2.45, 2.75) is 6.92 Å². The fourth-order valence-electron chi connectivity index (χ4n) is 8.05. The van der Waals surface area contributed by atoms with Gasteiger partial charge in [-0.1, -0.05) is 116 Å². The fourth-order valence-corrected chi connectivity index (χ4v) is 8.05. The smallest absolute Gasteiger partial charge is 0.143 e. The number of allylic oxidation sites excluding steroid dienone is 1. The first-order valence-electron chi connectivity index (χ1n) is 16.1. The van der Waals surface area contributed by atoms with Gasteiger partial charge in [-0.3, -0.25) is 0 Å². The van der Waals surface area contributed by atoms with Crippen molar-refractivity contribution < 1.29 is 8.83 Å². The van der Waals surface area contributed by atoms with E-state index < -0.39 is 0 Å². The van der Waals surface area contributed by atoms with E-state index in [9.17, 15) is 0 Å². The SMILES string of the molecule is C=C/C=c1\c(=C/C)oc2c(-c3c4ccccc4c(-c4cc5cccc6oc7cccc4c7c56)c4ccccc34)c3ccccc3cc12. The van der Waals surface area contributed by atoms with Crippen LogP contribution >= 0.6 is 0 Å². The zero-order valence-electron chi connectivity index (χ0n) is 25.8. The second-order valence-corrected chi connectivity index (χ2v) is 12.3. The minimum Gasteiger partial charge on any atom is -0.456 e. The lowest BCUT2D eigenvalue weighted by Crippen LogP contribution is -2.18. The van der Waals surface area contributed by atoms with Crippen molar-refractivity contribution >= 4 is 88.1 Å². The maximum Gasteiger partial charge on any atom is 0.143 e. The molecule has 0 N–H and O–H groups in total. The zero-order chi connectivity index (χ0) is 31.2. The number of benzene rings is 8. The molecule has 0 saturated carbocycles. The molecule has 0 fully saturated rings. The second kappa shape index (κ2) is 9.69. The molecule has 10 aromatic rings. The van der Waals surface area contributed by atoms with E-state index in [0.717, 1.165) is 38.3 Å². The van der Waals surface area contributed by atoms with Gasteiger partial charge >= 0.3 is 0 Å². The van der Waals surface area contributed by atoms with Crippen molar-refractivity contribution in [3.63, 3.8) is 0 Å². The van der Waals surface area contributed by atoms with Crippen LogP contribution in [0, 0.1) is 0 Å². The molecule has 0 amide bonds. The van der Waals surface area contributed by atoms with Crippen molar-refractivity contribution in [3.8, 4) is 22.3 Å². The summed E-state index contributed by atoms with van der Waals surface area (Å²) in [4.78, 5) is 0. The van der Waals surface area contributed by atoms with Gasteiger partial charge in [0, 0.05) is 32.5 Å². The van der Waals surface area contributed by atoms with E-state index in [1.807, 2.05) is 19.1 Å². The van der Waals surface area contributed by atoms with E-state index in [-0.39, 0.29) is 0 Å². The molecule has 0 aliphatic heterocycles. The summed E-state index contributed by atoms with van der Waals surface area (Å²) in [5.41, 5.74) is 8.34. The molecule has 0 aliphatic rings. The summed E-state index contributed by atoms with van der Waals surface area (Å²) in [6.45, 7) is 6.04. The summed E-state index contributed by atoms with van der Waals surface area (Å²) in [6.07, 6.45) is 5.94. The Kier molecular flexibility index (Phi) is 5.39.